The molecule has 0 N–H and O–H groups in total. The predicted octanol–water partition coefficient (Wildman–Crippen LogP) is 3.62. The molecule has 1 heterocycles. The molecule has 0 saturated heterocycles. The first-order valence-electron chi connectivity index (χ1n) is 6.83. The Balaban J connectivity index is 2.78. The lowest BCUT2D eigenvalue weighted by atomic mass is 9.97. The van der Waals surface area contributed by atoms with E-state index in [2.05, 4.69) is 42.6 Å². The van der Waals surface area contributed by atoms with Crippen molar-refractivity contribution in [2.24, 2.45) is 0 Å². The minimum Gasteiger partial charge on any atom is -0.356 e. The molecule has 0 amide bonds. The number of hydrogen-bond acceptors (Lipinski definition) is 3. The first-order valence-corrected chi connectivity index (χ1v) is 6.83. The first-order chi connectivity index (χ1) is 8.26. The zero-order valence-corrected chi connectivity index (χ0v) is 11.6. The molecule has 0 saturated carbocycles. The molecule has 0 bridgehead atoms. The molecule has 1 unspecified atom stereocenters. The van der Waals surface area contributed by atoms with E-state index < -0.39 is 0 Å². The van der Waals surface area contributed by atoms with E-state index in [1.807, 2.05) is 12.4 Å². The average Bonchev–Trinajstić information content (AvgIpc) is 2.38. The minimum absolute atomic E-state index is 0.568. The molecule has 1 rings (SSSR count). The molecule has 0 aliphatic carbocycles. The van der Waals surface area contributed by atoms with Crippen LogP contribution in [0.5, 0.6) is 0 Å². The molecule has 0 aliphatic heterocycles. The van der Waals surface area contributed by atoms with Crippen molar-refractivity contribution in [3.8, 4) is 0 Å². The van der Waals surface area contributed by atoms with Crippen LogP contribution < -0.4 is 4.90 Å². The van der Waals surface area contributed by atoms with Gasteiger partial charge in [-0.05, 0) is 26.7 Å². The number of anilines is 1. The quantitative estimate of drug-likeness (QED) is 0.723. The molecular formula is C14H25N3. The van der Waals surface area contributed by atoms with Crippen molar-refractivity contribution < 1.29 is 0 Å². The van der Waals surface area contributed by atoms with Gasteiger partial charge in [0.15, 0.2) is 0 Å². The number of rotatable bonds is 7. The standard InChI is InChI=1S/C14H25N3/c1-5-9-12(6-2)13-10-16-14(11-15-13)17(7-3)8-4/h10-12H,5-9H2,1-4H3. The molecule has 3 heteroatoms. The van der Waals surface area contributed by atoms with Gasteiger partial charge in [-0.1, -0.05) is 20.3 Å². The molecule has 1 atom stereocenters. The third kappa shape index (κ3) is 3.69. The van der Waals surface area contributed by atoms with Gasteiger partial charge in [0.25, 0.3) is 0 Å². The van der Waals surface area contributed by atoms with Gasteiger partial charge in [-0.3, -0.25) is 4.98 Å². The maximum atomic E-state index is 4.58. The second-order valence-electron chi connectivity index (χ2n) is 4.37. The lowest BCUT2D eigenvalue weighted by Crippen LogP contribution is -2.23. The number of aromatic nitrogens is 2. The smallest absolute Gasteiger partial charge is 0.147 e. The zero-order valence-electron chi connectivity index (χ0n) is 11.6. The molecule has 0 fully saturated rings. The van der Waals surface area contributed by atoms with E-state index in [1.165, 1.54) is 12.8 Å². The first kappa shape index (κ1) is 13.9. The van der Waals surface area contributed by atoms with Crippen LogP contribution in [0, 0.1) is 0 Å². The second-order valence-corrected chi connectivity index (χ2v) is 4.37. The van der Waals surface area contributed by atoms with E-state index in [9.17, 15) is 0 Å². The Hall–Kier alpha value is -1.12. The molecule has 0 aliphatic rings. The lowest BCUT2D eigenvalue weighted by Gasteiger charge is -2.20. The Morgan fingerprint density at radius 3 is 2.18 bits per heavy atom. The molecule has 0 aromatic carbocycles. The van der Waals surface area contributed by atoms with Gasteiger partial charge >= 0.3 is 0 Å². The molecule has 96 valence electrons. The maximum Gasteiger partial charge on any atom is 0.147 e. The average molecular weight is 235 g/mol. The minimum atomic E-state index is 0.568. The van der Waals surface area contributed by atoms with E-state index in [0.717, 1.165) is 31.0 Å². The van der Waals surface area contributed by atoms with Crippen LogP contribution in [0.15, 0.2) is 12.4 Å². The van der Waals surface area contributed by atoms with Crippen molar-refractivity contribution in [3.05, 3.63) is 18.1 Å². The summed E-state index contributed by atoms with van der Waals surface area (Å²) in [5.74, 6) is 1.56. The van der Waals surface area contributed by atoms with Crippen molar-refractivity contribution in [1.29, 1.82) is 0 Å². The van der Waals surface area contributed by atoms with E-state index in [4.69, 9.17) is 0 Å². The lowest BCUT2D eigenvalue weighted by molar-refractivity contribution is 0.578. The Bertz CT molecular complexity index is 304. The summed E-state index contributed by atoms with van der Waals surface area (Å²) in [6.07, 6.45) is 7.43. The highest BCUT2D eigenvalue weighted by Crippen LogP contribution is 2.23. The van der Waals surface area contributed by atoms with Crippen molar-refractivity contribution >= 4 is 5.82 Å². The summed E-state index contributed by atoms with van der Waals surface area (Å²) >= 11 is 0. The predicted molar refractivity (Wildman–Crippen MR) is 73.5 cm³/mol. The second kappa shape index (κ2) is 7.25. The Morgan fingerprint density at radius 2 is 1.76 bits per heavy atom. The number of hydrogen-bond donors (Lipinski definition) is 0. The molecule has 1 aromatic heterocycles. The summed E-state index contributed by atoms with van der Waals surface area (Å²) in [5.41, 5.74) is 1.14. The van der Waals surface area contributed by atoms with Crippen molar-refractivity contribution in [2.75, 3.05) is 18.0 Å². The van der Waals surface area contributed by atoms with Gasteiger partial charge in [0.05, 0.1) is 18.1 Å². The van der Waals surface area contributed by atoms with Gasteiger partial charge in [0, 0.05) is 19.0 Å². The van der Waals surface area contributed by atoms with Crippen LogP contribution in [0.25, 0.3) is 0 Å². The van der Waals surface area contributed by atoms with Crippen LogP contribution in [0.2, 0.25) is 0 Å². The maximum absolute atomic E-state index is 4.58. The van der Waals surface area contributed by atoms with Gasteiger partial charge in [0.1, 0.15) is 5.82 Å². The van der Waals surface area contributed by atoms with Crippen LogP contribution in [-0.4, -0.2) is 23.1 Å². The summed E-state index contributed by atoms with van der Waals surface area (Å²) in [6.45, 7) is 10.7. The molecular weight excluding hydrogens is 210 g/mol. The van der Waals surface area contributed by atoms with Gasteiger partial charge in [0.2, 0.25) is 0 Å². The van der Waals surface area contributed by atoms with Gasteiger partial charge < -0.3 is 4.90 Å². The summed E-state index contributed by atoms with van der Waals surface area (Å²) in [6, 6.07) is 0. The largest absolute Gasteiger partial charge is 0.356 e. The molecule has 1 aromatic rings. The summed E-state index contributed by atoms with van der Waals surface area (Å²) in [4.78, 5) is 11.3. The normalized spacial score (nSPS) is 12.5. The van der Waals surface area contributed by atoms with E-state index in [0.29, 0.717) is 5.92 Å². The van der Waals surface area contributed by atoms with E-state index >= 15 is 0 Å². The van der Waals surface area contributed by atoms with Crippen molar-refractivity contribution in [2.45, 2.75) is 52.9 Å². The van der Waals surface area contributed by atoms with Crippen LogP contribution in [0.1, 0.15) is 58.6 Å². The van der Waals surface area contributed by atoms with Crippen molar-refractivity contribution in [3.63, 3.8) is 0 Å². The Kier molecular flexibility index (Phi) is 5.95. The van der Waals surface area contributed by atoms with Gasteiger partial charge in [-0.25, -0.2) is 4.98 Å². The van der Waals surface area contributed by atoms with Gasteiger partial charge in [-0.2, -0.15) is 0 Å². The van der Waals surface area contributed by atoms with Crippen LogP contribution in [0.4, 0.5) is 5.82 Å². The topological polar surface area (TPSA) is 29.0 Å². The van der Waals surface area contributed by atoms with Crippen molar-refractivity contribution in [1.82, 2.24) is 9.97 Å². The van der Waals surface area contributed by atoms with E-state index in [-0.39, 0.29) is 0 Å². The highest BCUT2D eigenvalue weighted by Gasteiger charge is 2.11. The molecule has 0 radical (unpaired) electrons. The molecule has 0 spiro atoms. The van der Waals surface area contributed by atoms with E-state index in [1.54, 1.807) is 0 Å². The fourth-order valence-corrected chi connectivity index (χ4v) is 2.16. The summed E-state index contributed by atoms with van der Waals surface area (Å²) in [7, 11) is 0. The fraction of sp³-hybridized carbons (Fsp3) is 0.714. The molecule has 3 nitrogen and oxygen atoms in total. The van der Waals surface area contributed by atoms with Gasteiger partial charge in [-0.15, -0.1) is 0 Å². The zero-order chi connectivity index (χ0) is 12.7. The summed E-state index contributed by atoms with van der Waals surface area (Å²) < 4.78 is 0. The fourth-order valence-electron chi connectivity index (χ4n) is 2.16. The third-order valence-electron chi connectivity index (χ3n) is 3.29. The highest BCUT2D eigenvalue weighted by molar-refractivity contribution is 5.35. The summed E-state index contributed by atoms with van der Waals surface area (Å²) in [5, 5.41) is 0. The van der Waals surface area contributed by atoms with Crippen LogP contribution in [0.3, 0.4) is 0 Å². The Labute approximate surface area is 105 Å². The SMILES string of the molecule is CCCC(CC)c1cnc(N(CC)CC)cn1. The van der Waals surface area contributed by atoms with Crippen LogP contribution >= 0.6 is 0 Å². The molecule has 17 heavy (non-hydrogen) atoms. The van der Waals surface area contributed by atoms with Crippen LogP contribution in [-0.2, 0) is 0 Å². The Morgan fingerprint density at radius 1 is 1.06 bits per heavy atom. The third-order valence-corrected chi connectivity index (χ3v) is 3.29. The number of nitrogens with zero attached hydrogens (tertiary/aromatic N) is 3. The monoisotopic (exact) mass is 235 g/mol. The highest BCUT2D eigenvalue weighted by atomic mass is 15.2.